The fourth-order valence-corrected chi connectivity index (χ4v) is 2.63. The van der Waals surface area contributed by atoms with Gasteiger partial charge in [-0.15, -0.1) is 0 Å². The van der Waals surface area contributed by atoms with Gasteiger partial charge in [-0.1, -0.05) is 44.2 Å². The first-order valence-electron chi connectivity index (χ1n) is 7.42. The standard InChI is InChI=1S/C19H24O2/c1-13(2)10-15-6-5-7-16(12-15)19(20)17-8-9-18(21-4)14(3)11-17/h5-9,11-13,19-20H,10H2,1-4H3. The van der Waals surface area contributed by atoms with Crippen LogP contribution in [0.15, 0.2) is 42.5 Å². The van der Waals surface area contributed by atoms with Gasteiger partial charge in [-0.05, 0) is 53.6 Å². The lowest BCUT2D eigenvalue weighted by atomic mass is 9.95. The first-order valence-corrected chi connectivity index (χ1v) is 7.42. The van der Waals surface area contributed by atoms with E-state index in [0.717, 1.165) is 28.9 Å². The number of rotatable bonds is 5. The summed E-state index contributed by atoms with van der Waals surface area (Å²) in [5.74, 6) is 1.46. The monoisotopic (exact) mass is 284 g/mol. The van der Waals surface area contributed by atoms with E-state index < -0.39 is 6.10 Å². The lowest BCUT2D eigenvalue weighted by Gasteiger charge is -2.15. The van der Waals surface area contributed by atoms with E-state index in [-0.39, 0.29) is 0 Å². The zero-order chi connectivity index (χ0) is 15.4. The average Bonchev–Trinajstić information content (AvgIpc) is 2.46. The van der Waals surface area contributed by atoms with Crippen molar-refractivity contribution in [2.24, 2.45) is 5.92 Å². The Morgan fingerprint density at radius 3 is 2.38 bits per heavy atom. The van der Waals surface area contributed by atoms with Crippen molar-refractivity contribution in [3.63, 3.8) is 0 Å². The molecular formula is C19H24O2. The minimum atomic E-state index is -0.596. The summed E-state index contributed by atoms with van der Waals surface area (Å²) < 4.78 is 5.27. The summed E-state index contributed by atoms with van der Waals surface area (Å²) in [6.07, 6.45) is 0.434. The van der Waals surface area contributed by atoms with Gasteiger partial charge in [0.25, 0.3) is 0 Å². The molecule has 0 heterocycles. The van der Waals surface area contributed by atoms with E-state index in [4.69, 9.17) is 4.74 Å². The fraction of sp³-hybridized carbons (Fsp3) is 0.368. The van der Waals surface area contributed by atoms with Crippen LogP contribution in [0.5, 0.6) is 5.75 Å². The van der Waals surface area contributed by atoms with Crippen LogP contribution in [0.3, 0.4) is 0 Å². The number of aliphatic hydroxyl groups is 1. The van der Waals surface area contributed by atoms with E-state index in [9.17, 15) is 5.11 Å². The summed E-state index contributed by atoms with van der Waals surface area (Å²) in [5, 5.41) is 10.6. The van der Waals surface area contributed by atoms with E-state index in [0.29, 0.717) is 5.92 Å². The summed E-state index contributed by atoms with van der Waals surface area (Å²) >= 11 is 0. The minimum absolute atomic E-state index is 0.596. The third kappa shape index (κ3) is 3.85. The Kier molecular flexibility index (Phi) is 5.03. The highest BCUT2D eigenvalue weighted by molar-refractivity contribution is 5.40. The molecular weight excluding hydrogens is 260 g/mol. The molecule has 0 spiro atoms. The lowest BCUT2D eigenvalue weighted by molar-refractivity contribution is 0.220. The summed E-state index contributed by atoms with van der Waals surface area (Å²) in [6.45, 7) is 6.40. The van der Waals surface area contributed by atoms with Crippen molar-refractivity contribution in [3.8, 4) is 5.75 Å². The molecule has 2 rings (SSSR count). The van der Waals surface area contributed by atoms with Gasteiger partial charge in [0.2, 0.25) is 0 Å². The summed E-state index contributed by atoms with van der Waals surface area (Å²) in [6, 6.07) is 14.0. The first kappa shape index (κ1) is 15.6. The molecule has 0 aliphatic carbocycles. The summed E-state index contributed by atoms with van der Waals surface area (Å²) in [7, 11) is 1.66. The Bertz CT molecular complexity index is 602. The van der Waals surface area contributed by atoms with E-state index in [1.165, 1.54) is 5.56 Å². The zero-order valence-corrected chi connectivity index (χ0v) is 13.3. The molecule has 0 saturated carbocycles. The number of aryl methyl sites for hydroxylation is 1. The van der Waals surface area contributed by atoms with Gasteiger partial charge >= 0.3 is 0 Å². The molecule has 2 aromatic rings. The normalized spacial score (nSPS) is 12.5. The van der Waals surface area contributed by atoms with Crippen molar-refractivity contribution >= 4 is 0 Å². The SMILES string of the molecule is COc1ccc(C(O)c2cccc(CC(C)C)c2)cc1C. The van der Waals surface area contributed by atoms with E-state index in [1.54, 1.807) is 7.11 Å². The Labute approximate surface area is 127 Å². The molecule has 0 radical (unpaired) electrons. The van der Waals surface area contributed by atoms with Gasteiger partial charge in [-0.25, -0.2) is 0 Å². The number of benzene rings is 2. The molecule has 2 aromatic carbocycles. The van der Waals surface area contributed by atoms with Crippen LogP contribution in [0.2, 0.25) is 0 Å². The van der Waals surface area contributed by atoms with Crippen LogP contribution in [0.4, 0.5) is 0 Å². The van der Waals surface area contributed by atoms with Crippen LogP contribution in [-0.2, 0) is 6.42 Å². The van der Waals surface area contributed by atoms with Crippen LogP contribution in [-0.4, -0.2) is 12.2 Å². The quantitative estimate of drug-likeness (QED) is 0.887. The zero-order valence-electron chi connectivity index (χ0n) is 13.3. The molecule has 21 heavy (non-hydrogen) atoms. The maximum absolute atomic E-state index is 10.6. The topological polar surface area (TPSA) is 29.5 Å². The smallest absolute Gasteiger partial charge is 0.121 e. The molecule has 0 aliphatic rings. The summed E-state index contributed by atoms with van der Waals surface area (Å²) in [4.78, 5) is 0. The van der Waals surface area contributed by atoms with Gasteiger partial charge in [0.15, 0.2) is 0 Å². The molecule has 1 unspecified atom stereocenters. The maximum Gasteiger partial charge on any atom is 0.121 e. The predicted molar refractivity (Wildman–Crippen MR) is 86.8 cm³/mol. The molecule has 0 fully saturated rings. The van der Waals surface area contributed by atoms with Crippen molar-refractivity contribution in [1.29, 1.82) is 0 Å². The molecule has 0 amide bonds. The second-order valence-corrected chi connectivity index (χ2v) is 5.97. The molecule has 0 saturated heterocycles. The van der Waals surface area contributed by atoms with E-state index >= 15 is 0 Å². The highest BCUT2D eigenvalue weighted by Crippen LogP contribution is 2.27. The number of methoxy groups -OCH3 is 1. The lowest BCUT2D eigenvalue weighted by Crippen LogP contribution is -2.02. The Morgan fingerprint density at radius 1 is 1.05 bits per heavy atom. The maximum atomic E-state index is 10.6. The highest BCUT2D eigenvalue weighted by Gasteiger charge is 2.12. The van der Waals surface area contributed by atoms with E-state index in [1.807, 2.05) is 37.3 Å². The number of ether oxygens (including phenoxy) is 1. The molecule has 1 N–H and O–H groups in total. The number of aliphatic hydroxyl groups excluding tert-OH is 1. The van der Waals surface area contributed by atoms with Crippen molar-refractivity contribution in [2.75, 3.05) is 7.11 Å². The predicted octanol–water partition coefficient (Wildman–Crippen LogP) is 4.28. The highest BCUT2D eigenvalue weighted by atomic mass is 16.5. The first-order chi connectivity index (χ1) is 10.0. The van der Waals surface area contributed by atoms with Crippen molar-refractivity contribution in [3.05, 3.63) is 64.7 Å². The average molecular weight is 284 g/mol. The van der Waals surface area contributed by atoms with Crippen LogP contribution in [0, 0.1) is 12.8 Å². The largest absolute Gasteiger partial charge is 0.496 e. The molecule has 0 aliphatic heterocycles. The second kappa shape index (κ2) is 6.77. The van der Waals surface area contributed by atoms with Crippen LogP contribution < -0.4 is 4.74 Å². The van der Waals surface area contributed by atoms with Gasteiger partial charge in [-0.2, -0.15) is 0 Å². The number of hydrogen-bond acceptors (Lipinski definition) is 2. The fourth-order valence-electron chi connectivity index (χ4n) is 2.63. The van der Waals surface area contributed by atoms with Gasteiger partial charge in [0.1, 0.15) is 11.9 Å². The van der Waals surface area contributed by atoms with Crippen LogP contribution >= 0.6 is 0 Å². The van der Waals surface area contributed by atoms with Gasteiger partial charge < -0.3 is 9.84 Å². The third-order valence-corrected chi connectivity index (χ3v) is 3.65. The molecule has 2 heteroatoms. The third-order valence-electron chi connectivity index (χ3n) is 3.65. The van der Waals surface area contributed by atoms with Crippen LogP contribution in [0.1, 0.15) is 42.2 Å². The Balaban J connectivity index is 2.27. The molecule has 0 bridgehead atoms. The van der Waals surface area contributed by atoms with Gasteiger partial charge in [0, 0.05) is 0 Å². The van der Waals surface area contributed by atoms with Gasteiger partial charge in [-0.3, -0.25) is 0 Å². The van der Waals surface area contributed by atoms with E-state index in [2.05, 4.69) is 26.0 Å². The Hall–Kier alpha value is -1.80. The molecule has 0 aromatic heterocycles. The van der Waals surface area contributed by atoms with Crippen molar-refractivity contribution in [2.45, 2.75) is 33.3 Å². The summed E-state index contributed by atoms with van der Waals surface area (Å²) in [5.41, 5.74) is 4.15. The molecule has 112 valence electrons. The number of hydrogen-bond donors (Lipinski definition) is 1. The van der Waals surface area contributed by atoms with Crippen molar-refractivity contribution in [1.82, 2.24) is 0 Å². The minimum Gasteiger partial charge on any atom is -0.496 e. The molecule has 2 nitrogen and oxygen atoms in total. The second-order valence-electron chi connectivity index (χ2n) is 5.97. The van der Waals surface area contributed by atoms with Gasteiger partial charge in [0.05, 0.1) is 7.11 Å². The Morgan fingerprint density at radius 2 is 1.76 bits per heavy atom. The molecule has 1 atom stereocenters. The van der Waals surface area contributed by atoms with Crippen LogP contribution in [0.25, 0.3) is 0 Å². The van der Waals surface area contributed by atoms with Crippen molar-refractivity contribution < 1.29 is 9.84 Å².